The number of amides is 4. The van der Waals surface area contributed by atoms with Crippen LogP contribution in [0.3, 0.4) is 0 Å². The summed E-state index contributed by atoms with van der Waals surface area (Å²) in [6.07, 6.45) is 2.21. The summed E-state index contributed by atoms with van der Waals surface area (Å²) in [5.74, 6) is -1.93. The van der Waals surface area contributed by atoms with Crippen molar-refractivity contribution in [3.63, 3.8) is 0 Å². The van der Waals surface area contributed by atoms with E-state index in [1.165, 1.54) is 11.1 Å². The number of barbiturate groups is 1. The number of hydrogen-bond acceptors (Lipinski definition) is 4. The molecule has 1 saturated heterocycles. The number of benzene rings is 1. The highest BCUT2D eigenvalue weighted by atomic mass is 16.2. The molecule has 0 aromatic heterocycles. The fraction of sp³-hybridized carbons (Fsp3) is 0.474. The molecule has 1 aliphatic rings. The van der Waals surface area contributed by atoms with Crippen molar-refractivity contribution in [3.05, 3.63) is 29.8 Å². The van der Waals surface area contributed by atoms with Crippen LogP contribution in [0.25, 0.3) is 0 Å². The van der Waals surface area contributed by atoms with Crippen LogP contribution in [0.4, 0.5) is 10.5 Å². The van der Waals surface area contributed by atoms with Crippen LogP contribution in [-0.2, 0) is 9.59 Å². The molecule has 140 valence electrons. The molecule has 0 spiro atoms. The largest absolute Gasteiger partial charge is 0.340 e. The molecule has 2 rings (SSSR count). The molecule has 1 atom stereocenters. The lowest BCUT2D eigenvalue weighted by molar-refractivity contribution is -0.858. The van der Waals surface area contributed by atoms with Gasteiger partial charge in [0.15, 0.2) is 5.92 Å². The molecule has 7 heteroatoms. The number of nitrogens with zero attached hydrogens (tertiary/aromatic N) is 2. The summed E-state index contributed by atoms with van der Waals surface area (Å²) in [6, 6.07) is 6.47. The zero-order valence-electron chi connectivity index (χ0n) is 15.8. The minimum absolute atomic E-state index is 0.348. The summed E-state index contributed by atoms with van der Waals surface area (Å²) in [6.45, 7) is 5.63. The smallest absolute Gasteiger partial charge is 0.335 e. The normalized spacial score (nSPS) is 18.3. The third-order valence-electron chi connectivity index (χ3n) is 4.24. The number of hydrogen-bond donors (Lipinski definition) is 2. The number of quaternary nitrogens is 1. The highest BCUT2D eigenvalue weighted by molar-refractivity contribution is 6.32. The monoisotopic (exact) mass is 359 g/mol. The number of nitrogens with one attached hydrogen (secondary N) is 2. The Bertz CT molecular complexity index is 695. The van der Waals surface area contributed by atoms with Gasteiger partial charge in [-0.2, -0.15) is 0 Å². The van der Waals surface area contributed by atoms with Crippen LogP contribution >= 0.6 is 0 Å². The standard InChI is InChI=1S/C19H26N4O3/c1-13(2)14-6-8-15(9-7-14)23-18(25)16(17(24)21-19(23)26)12-20-10-5-11-22(3)4/h6-9,12-13,16H,5,10-11H2,1-4H3,(H,21,24,26)/p+1/t16-/m1/s1. The molecule has 26 heavy (non-hydrogen) atoms. The highest BCUT2D eigenvalue weighted by Crippen LogP contribution is 2.23. The molecule has 2 N–H and O–H groups in total. The van der Waals surface area contributed by atoms with Gasteiger partial charge >= 0.3 is 6.03 Å². The fourth-order valence-corrected chi connectivity index (χ4v) is 2.68. The van der Waals surface area contributed by atoms with E-state index in [0.717, 1.165) is 23.4 Å². The molecular formula is C19H27N4O3+. The van der Waals surface area contributed by atoms with Gasteiger partial charge in [-0.3, -0.25) is 19.9 Å². The summed E-state index contributed by atoms with van der Waals surface area (Å²) >= 11 is 0. The van der Waals surface area contributed by atoms with Gasteiger partial charge in [0, 0.05) is 19.2 Å². The molecule has 7 nitrogen and oxygen atoms in total. The first-order valence-corrected chi connectivity index (χ1v) is 8.89. The highest BCUT2D eigenvalue weighted by Gasteiger charge is 2.40. The average Bonchev–Trinajstić information content (AvgIpc) is 2.57. The van der Waals surface area contributed by atoms with Gasteiger partial charge in [0.1, 0.15) is 0 Å². The number of carbonyl (C=O) groups excluding carboxylic acids is 3. The van der Waals surface area contributed by atoms with Crippen molar-refractivity contribution in [2.75, 3.05) is 32.1 Å². The van der Waals surface area contributed by atoms with Crippen molar-refractivity contribution in [3.8, 4) is 0 Å². The fourth-order valence-electron chi connectivity index (χ4n) is 2.68. The third-order valence-corrected chi connectivity index (χ3v) is 4.24. The molecule has 0 aliphatic carbocycles. The van der Waals surface area contributed by atoms with Crippen molar-refractivity contribution in [1.82, 2.24) is 5.32 Å². The zero-order valence-corrected chi connectivity index (χ0v) is 15.8. The summed E-state index contributed by atoms with van der Waals surface area (Å²) < 4.78 is 0. The van der Waals surface area contributed by atoms with Gasteiger partial charge in [0.25, 0.3) is 5.91 Å². The molecule has 1 aliphatic heterocycles. The quantitative estimate of drug-likeness (QED) is 0.425. The van der Waals surface area contributed by atoms with E-state index in [1.54, 1.807) is 12.1 Å². The third kappa shape index (κ3) is 4.76. The lowest BCUT2D eigenvalue weighted by atomic mass is 10.0. The van der Waals surface area contributed by atoms with Gasteiger partial charge < -0.3 is 4.90 Å². The van der Waals surface area contributed by atoms with Gasteiger partial charge in [-0.05, 0) is 23.6 Å². The van der Waals surface area contributed by atoms with E-state index in [1.807, 2.05) is 12.1 Å². The Kier molecular flexibility index (Phi) is 6.63. The lowest BCUT2D eigenvalue weighted by Crippen LogP contribution is -3.05. The van der Waals surface area contributed by atoms with Crippen LogP contribution in [-0.4, -0.2) is 51.2 Å². The van der Waals surface area contributed by atoms with Crippen molar-refractivity contribution in [2.24, 2.45) is 10.9 Å². The van der Waals surface area contributed by atoms with Crippen LogP contribution in [0.5, 0.6) is 0 Å². The van der Waals surface area contributed by atoms with Crippen molar-refractivity contribution >= 4 is 29.7 Å². The zero-order chi connectivity index (χ0) is 19.3. The van der Waals surface area contributed by atoms with Crippen molar-refractivity contribution < 1.29 is 19.3 Å². The van der Waals surface area contributed by atoms with Gasteiger partial charge in [-0.25, -0.2) is 9.69 Å². The topological polar surface area (TPSA) is 83.3 Å². The van der Waals surface area contributed by atoms with E-state index in [2.05, 4.69) is 38.3 Å². The molecule has 0 radical (unpaired) electrons. The van der Waals surface area contributed by atoms with Crippen LogP contribution in [0.1, 0.15) is 31.7 Å². The Morgan fingerprint density at radius 1 is 1.19 bits per heavy atom. The van der Waals surface area contributed by atoms with Crippen molar-refractivity contribution in [2.45, 2.75) is 26.2 Å². The number of carbonyl (C=O) groups is 3. The number of anilines is 1. The van der Waals surface area contributed by atoms with E-state index in [0.29, 0.717) is 18.2 Å². The lowest BCUT2D eigenvalue weighted by Gasteiger charge is -2.28. The Morgan fingerprint density at radius 2 is 1.85 bits per heavy atom. The minimum atomic E-state index is -1.08. The number of urea groups is 1. The molecular weight excluding hydrogens is 332 g/mol. The first kappa shape index (κ1) is 19.8. The molecule has 4 amide bonds. The minimum Gasteiger partial charge on any atom is -0.340 e. The van der Waals surface area contributed by atoms with Crippen LogP contribution in [0.15, 0.2) is 29.3 Å². The summed E-state index contributed by atoms with van der Waals surface area (Å²) in [5.41, 5.74) is 1.55. The SMILES string of the molecule is CC(C)c1ccc(N2C(=O)NC(=O)[C@@H](C=NCCC[NH+](C)C)C2=O)cc1. The first-order chi connectivity index (χ1) is 12.3. The number of imide groups is 2. The molecule has 1 heterocycles. The number of aliphatic imine (C=N–C) groups is 1. The number of rotatable bonds is 7. The molecule has 0 unspecified atom stereocenters. The second-order valence-corrected chi connectivity index (χ2v) is 7.06. The Hall–Kier alpha value is -2.54. The van der Waals surface area contributed by atoms with E-state index in [-0.39, 0.29) is 0 Å². The Balaban J connectivity index is 2.12. The molecule has 1 aromatic carbocycles. The molecule has 1 fully saturated rings. The van der Waals surface area contributed by atoms with Gasteiger partial charge in [0.05, 0.1) is 26.3 Å². The molecule has 0 bridgehead atoms. The van der Waals surface area contributed by atoms with Crippen LogP contribution < -0.4 is 15.1 Å². The second-order valence-electron chi connectivity index (χ2n) is 7.06. The molecule has 1 aromatic rings. The van der Waals surface area contributed by atoms with E-state index in [9.17, 15) is 14.4 Å². The first-order valence-electron chi connectivity index (χ1n) is 8.89. The van der Waals surface area contributed by atoms with Gasteiger partial charge in [-0.15, -0.1) is 0 Å². The summed E-state index contributed by atoms with van der Waals surface area (Å²) in [5, 5.41) is 2.24. The van der Waals surface area contributed by atoms with E-state index in [4.69, 9.17) is 0 Å². The van der Waals surface area contributed by atoms with Crippen LogP contribution in [0, 0.1) is 5.92 Å². The maximum absolute atomic E-state index is 12.7. The molecule has 0 saturated carbocycles. The van der Waals surface area contributed by atoms with E-state index < -0.39 is 23.8 Å². The van der Waals surface area contributed by atoms with Crippen molar-refractivity contribution in [1.29, 1.82) is 0 Å². The Morgan fingerprint density at radius 3 is 2.42 bits per heavy atom. The van der Waals surface area contributed by atoms with Gasteiger partial charge in [0.2, 0.25) is 5.91 Å². The average molecular weight is 359 g/mol. The summed E-state index contributed by atoms with van der Waals surface area (Å²) in [4.78, 5) is 43.4. The summed E-state index contributed by atoms with van der Waals surface area (Å²) in [7, 11) is 4.10. The maximum Gasteiger partial charge on any atom is 0.335 e. The predicted octanol–water partition coefficient (Wildman–Crippen LogP) is 0.614. The second kappa shape index (κ2) is 8.71. The van der Waals surface area contributed by atoms with E-state index >= 15 is 0 Å². The predicted molar refractivity (Wildman–Crippen MR) is 101 cm³/mol. The van der Waals surface area contributed by atoms with Gasteiger partial charge in [-0.1, -0.05) is 26.0 Å². The maximum atomic E-state index is 12.7. The van der Waals surface area contributed by atoms with Crippen LogP contribution in [0.2, 0.25) is 0 Å². The Labute approximate surface area is 154 Å².